The highest BCUT2D eigenvalue weighted by Crippen LogP contribution is 2.17. The van der Waals surface area contributed by atoms with Crippen LogP contribution in [0.3, 0.4) is 0 Å². The first-order chi connectivity index (χ1) is 13.2. The second-order valence-electron chi connectivity index (χ2n) is 6.20. The van der Waals surface area contributed by atoms with Gasteiger partial charge in [0.15, 0.2) is 5.78 Å². The fourth-order valence-electron chi connectivity index (χ4n) is 2.76. The van der Waals surface area contributed by atoms with Crippen molar-refractivity contribution in [2.24, 2.45) is 0 Å². The highest BCUT2D eigenvalue weighted by molar-refractivity contribution is 6.10. The number of nitrogens with one attached hydrogen (secondary N) is 1. The predicted molar refractivity (Wildman–Crippen MR) is 104 cm³/mol. The lowest BCUT2D eigenvalue weighted by Crippen LogP contribution is -2.07. The molecule has 4 rings (SSSR count). The Hall–Kier alpha value is -3.67. The van der Waals surface area contributed by atoms with Gasteiger partial charge in [0.1, 0.15) is 0 Å². The minimum absolute atomic E-state index is 0.115. The number of ketones is 1. The molecular formula is C21H17N5O. The lowest BCUT2D eigenvalue weighted by Gasteiger charge is -2.06. The van der Waals surface area contributed by atoms with Gasteiger partial charge < -0.3 is 5.32 Å². The lowest BCUT2D eigenvalue weighted by molar-refractivity contribution is 0.103. The standard InChI is InChI=1S/C21H17N5O/c1-14-4-5-16-9-17(6-7-19(16)26-14)20(27)18-12-24-21(25-13-18)23-11-15-3-2-8-22-10-15/h2-10,12-13H,11H2,1H3,(H,23,24,25). The molecule has 3 heterocycles. The number of aromatic nitrogens is 4. The van der Waals surface area contributed by atoms with Crippen molar-refractivity contribution in [3.8, 4) is 0 Å². The number of pyridine rings is 2. The van der Waals surface area contributed by atoms with Gasteiger partial charge in [-0.1, -0.05) is 12.1 Å². The summed E-state index contributed by atoms with van der Waals surface area (Å²) in [6, 6.07) is 13.2. The Bertz CT molecular complexity index is 1090. The first-order valence-electron chi connectivity index (χ1n) is 8.56. The Kier molecular flexibility index (Phi) is 4.53. The average molecular weight is 355 g/mol. The minimum Gasteiger partial charge on any atom is -0.350 e. The third-order valence-electron chi connectivity index (χ3n) is 4.18. The number of hydrogen-bond donors (Lipinski definition) is 1. The minimum atomic E-state index is -0.115. The summed E-state index contributed by atoms with van der Waals surface area (Å²) in [4.78, 5) is 29.7. The summed E-state index contributed by atoms with van der Waals surface area (Å²) in [5, 5.41) is 4.05. The zero-order valence-electron chi connectivity index (χ0n) is 14.8. The van der Waals surface area contributed by atoms with E-state index in [2.05, 4.69) is 25.3 Å². The zero-order valence-corrected chi connectivity index (χ0v) is 14.8. The molecule has 0 amide bonds. The number of carbonyl (C=O) groups is 1. The molecule has 0 atom stereocenters. The number of anilines is 1. The van der Waals surface area contributed by atoms with Gasteiger partial charge in [-0.25, -0.2) is 9.97 Å². The van der Waals surface area contributed by atoms with E-state index in [9.17, 15) is 4.79 Å². The van der Waals surface area contributed by atoms with Crippen molar-refractivity contribution in [2.75, 3.05) is 5.32 Å². The van der Waals surface area contributed by atoms with Crippen LogP contribution in [0.5, 0.6) is 0 Å². The van der Waals surface area contributed by atoms with Crippen molar-refractivity contribution >= 4 is 22.6 Å². The van der Waals surface area contributed by atoms with E-state index in [4.69, 9.17) is 0 Å². The molecule has 1 N–H and O–H groups in total. The van der Waals surface area contributed by atoms with Crippen LogP contribution in [0.15, 0.2) is 67.3 Å². The van der Waals surface area contributed by atoms with Crippen molar-refractivity contribution in [3.05, 3.63) is 89.6 Å². The van der Waals surface area contributed by atoms with Crippen molar-refractivity contribution in [1.29, 1.82) is 0 Å². The highest BCUT2D eigenvalue weighted by Gasteiger charge is 2.11. The van der Waals surface area contributed by atoms with Gasteiger partial charge >= 0.3 is 0 Å². The molecule has 6 nitrogen and oxygen atoms in total. The molecule has 0 spiro atoms. The molecule has 0 fully saturated rings. The number of carbonyl (C=O) groups excluding carboxylic acids is 1. The molecule has 0 radical (unpaired) electrons. The maximum absolute atomic E-state index is 12.7. The average Bonchev–Trinajstić information content (AvgIpc) is 2.72. The van der Waals surface area contributed by atoms with Crippen LogP contribution in [-0.4, -0.2) is 25.7 Å². The van der Waals surface area contributed by atoms with Crippen molar-refractivity contribution < 1.29 is 4.79 Å². The third-order valence-corrected chi connectivity index (χ3v) is 4.18. The van der Waals surface area contributed by atoms with Gasteiger partial charge in [-0.15, -0.1) is 0 Å². The zero-order chi connectivity index (χ0) is 18.6. The van der Waals surface area contributed by atoms with Gasteiger partial charge in [0.25, 0.3) is 0 Å². The van der Waals surface area contributed by atoms with Crippen molar-refractivity contribution in [3.63, 3.8) is 0 Å². The third kappa shape index (κ3) is 3.79. The van der Waals surface area contributed by atoms with Gasteiger partial charge in [0.05, 0.1) is 11.1 Å². The van der Waals surface area contributed by atoms with E-state index >= 15 is 0 Å². The molecule has 0 unspecified atom stereocenters. The molecule has 4 aromatic rings. The predicted octanol–water partition coefficient (Wildman–Crippen LogP) is 3.57. The summed E-state index contributed by atoms with van der Waals surface area (Å²) in [6.07, 6.45) is 6.59. The molecule has 0 bridgehead atoms. The Labute approximate surface area is 156 Å². The number of aryl methyl sites for hydroxylation is 1. The normalized spacial score (nSPS) is 10.7. The molecule has 0 aliphatic rings. The number of hydrogen-bond acceptors (Lipinski definition) is 6. The number of benzene rings is 1. The van der Waals surface area contributed by atoms with Gasteiger partial charge in [-0.05, 0) is 42.8 Å². The van der Waals surface area contributed by atoms with Gasteiger partial charge in [0.2, 0.25) is 5.95 Å². The molecule has 0 saturated carbocycles. The molecule has 1 aromatic carbocycles. The van der Waals surface area contributed by atoms with E-state index in [0.29, 0.717) is 23.6 Å². The number of fused-ring (bicyclic) bond motifs is 1. The second kappa shape index (κ2) is 7.29. The summed E-state index contributed by atoms with van der Waals surface area (Å²) in [5.74, 6) is 0.352. The van der Waals surface area contributed by atoms with Gasteiger partial charge in [-0.3, -0.25) is 14.8 Å². The van der Waals surface area contributed by atoms with E-state index in [-0.39, 0.29) is 5.78 Å². The molecule has 6 heteroatoms. The summed E-state index contributed by atoms with van der Waals surface area (Å²) in [5.41, 5.74) is 3.89. The van der Waals surface area contributed by atoms with Crippen LogP contribution in [0.4, 0.5) is 5.95 Å². The van der Waals surface area contributed by atoms with Gasteiger partial charge in [0, 0.05) is 48.0 Å². The Balaban J connectivity index is 1.49. The summed E-state index contributed by atoms with van der Waals surface area (Å²) in [6.45, 7) is 2.51. The van der Waals surface area contributed by atoms with Crippen LogP contribution in [0.2, 0.25) is 0 Å². The molecule has 0 aliphatic carbocycles. The quantitative estimate of drug-likeness (QED) is 0.551. The fraction of sp³-hybridized carbons (Fsp3) is 0.0952. The Morgan fingerprint density at radius 3 is 2.63 bits per heavy atom. The van der Waals surface area contributed by atoms with Crippen molar-refractivity contribution in [1.82, 2.24) is 19.9 Å². The van der Waals surface area contributed by atoms with Crippen LogP contribution in [0.1, 0.15) is 27.2 Å². The van der Waals surface area contributed by atoms with Crippen LogP contribution >= 0.6 is 0 Å². The molecule has 0 aliphatic heterocycles. The highest BCUT2D eigenvalue weighted by atomic mass is 16.1. The SMILES string of the molecule is Cc1ccc2cc(C(=O)c3cnc(NCc4cccnc4)nc3)ccc2n1. The maximum atomic E-state index is 12.7. The van der Waals surface area contributed by atoms with Crippen LogP contribution in [-0.2, 0) is 6.54 Å². The Morgan fingerprint density at radius 1 is 1.00 bits per heavy atom. The topological polar surface area (TPSA) is 80.7 Å². The summed E-state index contributed by atoms with van der Waals surface area (Å²) in [7, 11) is 0. The largest absolute Gasteiger partial charge is 0.350 e. The van der Waals surface area contributed by atoms with Gasteiger partial charge in [-0.2, -0.15) is 0 Å². The maximum Gasteiger partial charge on any atom is 0.222 e. The van der Waals surface area contributed by atoms with E-state index < -0.39 is 0 Å². The number of rotatable bonds is 5. The molecule has 132 valence electrons. The lowest BCUT2D eigenvalue weighted by atomic mass is 10.0. The molecular weight excluding hydrogens is 338 g/mol. The fourth-order valence-corrected chi connectivity index (χ4v) is 2.76. The smallest absolute Gasteiger partial charge is 0.222 e. The van der Waals surface area contributed by atoms with E-state index in [1.165, 1.54) is 0 Å². The summed E-state index contributed by atoms with van der Waals surface area (Å²) >= 11 is 0. The van der Waals surface area contributed by atoms with Crippen LogP contribution < -0.4 is 5.32 Å². The van der Waals surface area contributed by atoms with E-state index in [0.717, 1.165) is 22.2 Å². The molecule has 3 aromatic heterocycles. The Morgan fingerprint density at radius 2 is 1.85 bits per heavy atom. The first-order valence-corrected chi connectivity index (χ1v) is 8.56. The second-order valence-corrected chi connectivity index (χ2v) is 6.20. The molecule has 0 saturated heterocycles. The number of nitrogens with zero attached hydrogens (tertiary/aromatic N) is 4. The van der Waals surface area contributed by atoms with Crippen LogP contribution in [0, 0.1) is 6.92 Å². The summed E-state index contributed by atoms with van der Waals surface area (Å²) < 4.78 is 0. The van der Waals surface area contributed by atoms with E-state index in [1.807, 2.05) is 43.3 Å². The molecule has 27 heavy (non-hydrogen) atoms. The van der Waals surface area contributed by atoms with E-state index in [1.54, 1.807) is 30.9 Å². The van der Waals surface area contributed by atoms with Crippen LogP contribution in [0.25, 0.3) is 10.9 Å². The van der Waals surface area contributed by atoms with Crippen molar-refractivity contribution in [2.45, 2.75) is 13.5 Å². The first kappa shape index (κ1) is 16.8. The monoisotopic (exact) mass is 355 g/mol.